The van der Waals surface area contributed by atoms with Gasteiger partial charge >= 0.3 is 0 Å². The molecule has 1 aromatic rings. The summed E-state index contributed by atoms with van der Waals surface area (Å²) < 4.78 is 5.55. The molecule has 1 aromatic heterocycles. The molecule has 2 rings (SSSR count). The quantitative estimate of drug-likeness (QED) is 0.770. The molecular weight excluding hydrogens is 204 g/mol. The van der Waals surface area contributed by atoms with E-state index in [1.54, 1.807) is 12.3 Å². The highest BCUT2D eigenvalue weighted by molar-refractivity contribution is 5.91. The third kappa shape index (κ3) is 2.59. The van der Waals surface area contributed by atoms with Crippen molar-refractivity contribution in [2.24, 2.45) is 0 Å². The summed E-state index contributed by atoms with van der Waals surface area (Å²) in [5.74, 6) is 1.55. The van der Waals surface area contributed by atoms with Gasteiger partial charge < -0.3 is 10.1 Å². The molecule has 1 aliphatic heterocycles. The zero-order valence-corrected chi connectivity index (χ0v) is 9.19. The van der Waals surface area contributed by atoms with Crippen molar-refractivity contribution in [3.63, 3.8) is 0 Å². The highest BCUT2D eigenvalue weighted by Crippen LogP contribution is 2.25. The molecule has 0 fully saturated rings. The van der Waals surface area contributed by atoms with E-state index in [-0.39, 0.29) is 5.78 Å². The first-order chi connectivity index (χ1) is 7.75. The molecule has 1 aliphatic rings. The van der Waals surface area contributed by atoms with Crippen LogP contribution in [0.25, 0.3) is 6.08 Å². The smallest absolute Gasteiger partial charge is 0.168 e. The highest BCUT2D eigenvalue weighted by Gasteiger charge is 2.09. The van der Waals surface area contributed by atoms with E-state index < -0.39 is 0 Å². The molecule has 0 saturated heterocycles. The summed E-state index contributed by atoms with van der Waals surface area (Å²) in [5, 5.41) is 3.19. The van der Waals surface area contributed by atoms with Crippen LogP contribution in [0.4, 0.5) is 5.82 Å². The second-order valence-corrected chi connectivity index (χ2v) is 3.69. The Balaban J connectivity index is 2.24. The summed E-state index contributed by atoms with van der Waals surface area (Å²) >= 11 is 0. The summed E-state index contributed by atoms with van der Waals surface area (Å²) in [6.45, 7) is 3.09. The van der Waals surface area contributed by atoms with Crippen molar-refractivity contribution in [1.29, 1.82) is 0 Å². The summed E-state index contributed by atoms with van der Waals surface area (Å²) in [4.78, 5) is 15.1. The third-order valence-corrected chi connectivity index (χ3v) is 2.26. The van der Waals surface area contributed by atoms with Gasteiger partial charge in [0.25, 0.3) is 0 Å². The molecule has 0 radical (unpaired) electrons. The van der Waals surface area contributed by atoms with Gasteiger partial charge in [-0.15, -0.1) is 0 Å². The number of carbonyl (C=O) groups excluding carboxylic acids is 1. The van der Waals surface area contributed by atoms with Crippen molar-refractivity contribution >= 4 is 17.7 Å². The van der Waals surface area contributed by atoms with Crippen molar-refractivity contribution in [2.45, 2.75) is 13.3 Å². The molecule has 1 N–H and O–H groups in total. The Morgan fingerprint density at radius 2 is 2.50 bits per heavy atom. The van der Waals surface area contributed by atoms with Crippen LogP contribution in [0.2, 0.25) is 0 Å². The fourth-order valence-electron chi connectivity index (χ4n) is 1.47. The Kier molecular flexibility index (Phi) is 3.19. The molecule has 2 heterocycles. The lowest BCUT2D eigenvalue weighted by molar-refractivity contribution is -0.112. The molecule has 0 unspecified atom stereocenters. The van der Waals surface area contributed by atoms with Crippen LogP contribution in [0.15, 0.2) is 18.3 Å². The number of fused-ring (bicyclic) bond motifs is 1. The van der Waals surface area contributed by atoms with Crippen molar-refractivity contribution in [2.75, 3.05) is 18.5 Å². The largest absolute Gasteiger partial charge is 0.490 e. The molecule has 4 heteroatoms. The molecule has 16 heavy (non-hydrogen) atoms. The van der Waals surface area contributed by atoms with Crippen LogP contribution in [0.3, 0.4) is 0 Å². The zero-order chi connectivity index (χ0) is 11.4. The van der Waals surface area contributed by atoms with E-state index in [4.69, 9.17) is 4.74 Å². The number of pyridine rings is 1. The SMILES string of the molecule is CC(=O)/C=C/c1cnc2c(c1)OCCCN2. The summed E-state index contributed by atoms with van der Waals surface area (Å²) in [6.07, 6.45) is 5.95. The number of ether oxygens (including phenoxy) is 1. The molecule has 84 valence electrons. The molecule has 0 amide bonds. The van der Waals surface area contributed by atoms with Gasteiger partial charge in [0.2, 0.25) is 0 Å². The first kappa shape index (κ1) is 10.7. The highest BCUT2D eigenvalue weighted by atomic mass is 16.5. The molecule has 0 spiro atoms. The number of ketones is 1. The van der Waals surface area contributed by atoms with Crippen molar-refractivity contribution < 1.29 is 9.53 Å². The Morgan fingerprint density at radius 1 is 1.62 bits per heavy atom. The van der Waals surface area contributed by atoms with Gasteiger partial charge in [-0.2, -0.15) is 0 Å². The average Bonchev–Trinajstić information content (AvgIpc) is 2.50. The topological polar surface area (TPSA) is 51.2 Å². The van der Waals surface area contributed by atoms with Gasteiger partial charge in [-0.25, -0.2) is 4.98 Å². The monoisotopic (exact) mass is 218 g/mol. The van der Waals surface area contributed by atoms with Gasteiger partial charge in [0.1, 0.15) is 0 Å². The van der Waals surface area contributed by atoms with E-state index in [2.05, 4.69) is 10.3 Å². The maximum atomic E-state index is 10.8. The van der Waals surface area contributed by atoms with Crippen LogP contribution >= 0.6 is 0 Å². The minimum Gasteiger partial charge on any atom is -0.490 e. The Morgan fingerprint density at radius 3 is 3.31 bits per heavy atom. The molecule has 0 aromatic carbocycles. The van der Waals surface area contributed by atoms with Crippen LogP contribution in [-0.4, -0.2) is 23.9 Å². The number of nitrogens with zero attached hydrogens (tertiary/aromatic N) is 1. The van der Waals surface area contributed by atoms with E-state index in [1.165, 1.54) is 13.0 Å². The molecule has 0 saturated carbocycles. The predicted octanol–water partition coefficient (Wildman–Crippen LogP) is 1.88. The average molecular weight is 218 g/mol. The van der Waals surface area contributed by atoms with E-state index >= 15 is 0 Å². The Bertz CT molecular complexity index is 427. The number of carbonyl (C=O) groups is 1. The van der Waals surface area contributed by atoms with Crippen molar-refractivity contribution in [3.8, 4) is 5.75 Å². The predicted molar refractivity (Wildman–Crippen MR) is 62.6 cm³/mol. The number of hydrogen-bond acceptors (Lipinski definition) is 4. The second-order valence-electron chi connectivity index (χ2n) is 3.69. The first-order valence-electron chi connectivity index (χ1n) is 5.31. The van der Waals surface area contributed by atoms with Gasteiger partial charge in [-0.3, -0.25) is 4.79 Å². The van der Waals surface area contributed by atoms with E-state index in [0.717, 1.165) is 30.1 Å². The van der Waals surface area contributed by atoms with Crippen LogP contribution in [0, 0.1) is 0 Å². The van der Waals surface area contributed by atoms with Crippen LogP contribution in [0.5, 0.6) is 5.75 Å². The summed E-state index contributed by atoms with van der Waals surface area (Å²) in [7, 11) is 0. The lowest BCUT2D eigenvalue weighted by Gasteiger charge is -2.06. The van der Waals surface area contributed by atoms with Crippen molar-refractivity contribution in [1.82, 2.24) is 4.98 Å². The number of anilines is 1. The zero-order valence-electron chi connectivity index (χ0n) is 9.19. The van der Waals surface area contributed by atoms with Crippen LogP contribution in [-0.2, 0) is 4.79 Å². The number of allylic oxidation sites excluding steroid dienone is 1. The van der Waals surface area contributed by atoms with Crippen LogP contribution < -0.4 is 10.1 Å². The Labute approximate surface area is 94.3 Å². The summed E-state index contributed by atoms with van der Waals surface area (Å²) in [6, 6.07) is 1.89. The molecule has 0 atom stereocenters. The lowest BCUT2D eigenvalue weighted by Crippen LogP contribution is -2.01. The van der Waals surface area contributed by atoms with Crippen LogP contribution in [0.1, 0.15) is 18.9 Å². The number of rotatable bonds is 2. The minimum atomic E-state index is 0.0222. The standard InChI is InChI=1S/C12H14N2O2/c1-9(15)3-4-10-7-11-12(14-8-10)13-5-2-6-16-11/h3-4,7-8H,2,5-6H2,1H3,(H,13,14)/b4-3+. The molecule has 0 bridgehead atoms. The number of nitrogens with one attached hydrogen (secondary N) is 1. The summed E-state index contributed by atoms with van der Waals surface area (Å²) in [5.41, 5.74) is 0.873. The van der Waals surface area contributed by atoms with Gasteiger partial charge in [0, 0.05) is 12.7 Å². The first-order valence-corrected chi connectivity index (χ1v) is 5.31. The van der Waals surface area contributed by atoms with E-state index in [9.17, 15) is 4.79 Å². The lowest BCUT2D eigenvalue weighted by atomic mass is 10.2. The fourth-order valence-corrected chi connectivity index (χ4v) is 1.47. The fraction of sp³-hybridized carbons (Fsp3) is 0.333. The van der Waals surface area contributed by atoms with Gasteiger partial charge in [-0.05, 0) is 37.1 Å². The molecular formula is C12H14N2O2. The maximum Gasteiger partial charge on any atom is 0.168 e. The van der Waals surface area contributed by atoms with Crippen molar-refractivity contribution in [3.05, 3.63) is 23.9 Å². The minimum absolute atomic E-state index is 0.0222. The van der Waals surface area contributed by atoms with Gasteiger partial charge in [0.05, 0.1) is 6.61 Å². The molecule has 0 aliphatic carbocycles. The number of aromatic nitrogens is 1. The van der Waals surface area contributed by atoms with E-state index in [1.807, 2.05) is 6.07 Å². The molecule has 4 nitrogen and oxygen atoms in total. The maximum absolute atomic E-state index is 10.8. The normalized spacial score (nSPS) is 14.8. The van der Waals surface area contributed by atoms with E-state index in [0.29, 0.717) is 6.61 Å². The van der Waals surface area contributed by atoms with Gasteiger partial charge in [-0.1, -0.05) is 0 Å². The second kappa shape index (κ2) is 4.79. The number of hydrogen-bond donors (Lipinski definition) is 1. The van der Waals surface area contributed by atoms with Gasteiger partial charge in [0.15, 0.2) is 17.4 Å². The Hall–Kier alpha value is -1.84. The third-order valence-electron chi connectivity index (χ3n) is 2.26.